The van der Waals surface area contributed by atoms with Gasteiger partial charge in [-0.1, -0.05) is 36.4 Å². The van der Waals surface area contributed by atoms with E-state index < -0.39 is 5.54 Å². The van der Waals surface area contributed by atoms with Gasteiger partial charge in [-0.3, -0.25) is 0 Å². The van der Waals surface area contributed by atoms with Crippen LogP contribution in [0.2, 0.25) is 0 Å². The minimum Gasteiger partial charge on any atom is -0.493 e. The highest BCUT2D eigenvalue weighted by Crippen LogP contribution is 2.22. The molecule has 2 rings (SSSR count). The van der Waals surface area contributed by atoms with E-state index in [9.17, 15) is 9.65 Å². The number of hydrogen-bond donors (Lipinski definition) is 1. The first-order valence-electron chi connectivity index (χ1n) is 6.70. The van der Waals surface area contributed by atoms with Crippen LogP contribution in [0, 0.1) is 24.1 Å². The molecule has 108 valence electrons. The summed E-state index contributed by atoms with van der Waals surface area (Å²) in [5, 5.41) is 9.33. The number of rotatable bonds is 5. The number of ether oxygens (including phenoxy) is 1. The first-order valence-corrected chi connectivity index (χ1v) is 6.70. The third-order valence-electron chi connectivity index (χ3n) is 3.40. The number of nitrogens with two attached hydrogens (primary N) is 1. The molecule has 0 heterocycles. The number of hydrogen-bond acceptors (Lipinski definition) is 3. The van der Waals surface area contributed by atoms with Crippen LogP contribution in [0.4, 0.5) is 4.39 Å². The third kappa shape index (κ3) is 3.59. The Hall–Kier alpha value is -2.38. The summed E-state index contributed by atoms with van der Waals surface area (Å²) in [5.41, 5.74) is 6.32. The molecule has 2 aromatic rings. The van der Waals surface area contributed by atoms with Gasteiger partial charge in [0.15, 0.2) is 0 Å². The van der Waals surface area contributed by atoms with Gasteiger partial charge in [-0.15, -0.1) is 0 Å². The van der Waals surface area contributed by atoms with Crippen molar-refractivity contribution in [1.82, 2.24) is 0 Å². The molecule has 0 aliphatic rings. The molecule has 0 radical (unpaired) electrons. The number of nitrogens with zero attached hydrogens (tertiary/aromatic N) is 1. The predicted molar refractivity (Wildman–Crippen MR) is 79.2 cm³/mol. The SMILES string of the molecule is Cc1ccc(OCCC(N)(C#N)c2ccccc2)cc1F. The van der Waals surface area contributed by atoms with Crippen LogP contribution >= 0.6 is 0 Å². The molecular formula is C17H17FN2O. The maximum Gasteiger partial charge on any atom is 0.133 e. The summed E-state index contributed by atoms with van der Waals surface area (Å²) in [6.45, 7) is 1.93. The van der Waals surface area contributed by atoms with Crippen molar-refractivity contribution < 1.29 is 9.13 Å². The Balaban J connectivity index is 2.01. The minimum atomic E-state index is -1.11. The number of aryl methyl sites for hydroxylation is 1. The van der Waals surface area contributed by atoms with Crippen molar-refractivity contribution >= 4 is 0 Å². The molecule has 1 atom stereocenters. The fourth-order valence-corrected chi connectivity index (χ4v) is 1.99. The Bertz CT molecular complexity index is 652. The second-order valence-electron chi connectivity index (χ2n) is 4.96. The Morgan fingerprint density at radius 3 is 2.57 bits per heavy atom. The van der Waals surface area contributed by atoms with Crippen molar-refractivity contribution in [2.24, 2.45) is 5.73 Å². The van der Waals surface area contributed by atoms with E-state index in [2.05, 4.69) is 6.07 Å². The van der Waals surface area contributed by atoms with Gasteiger partial charge >= 0.3 is 0 Å². The van der Waals surface area contributed by atoms with Crippen molar-refractivity contribution in [1.29, 1.82) is 5.26 Å². The van der Waals surface area contributed by atoms with Gasteiger partial charge in [-0.25, -0.2) is 4.39 Å². The highest BCUT2D eigenvalue weighted by Gasteiger charge is 2.26. The maximum atomic E-state index is 13.4. The van der Waals surface area contributed by atoms with E-state index >= 15 is 0 Å². The molecular weight excluding hydrogens is 267 g/mol. The standard InChI is InChI=1S/C17H17FN2O/c1-13-7-8-15(11-16(13)18)21-10-9-17(20,12-19)14-5-3-2-4-6-14/h2-8,11H,9-10,20H2,1H3. The zero-order chi connectivity index (χ0) is 15.3. The Morgan fingerprint density at radius 2 is 1.95 bits per heavy atom. The molecule has 0 bridgehead atoms. The van der Waals surface area contributed by atoms with Gasteiger partial charge in [0.2, 0.25) is 0 Å². The lowest BCUT2D eigenvalue weighted by Crippen LogP contribution is -2.36. The fourth-order valence-electron chi connectivity index (χ4n) is 1.99. The molecule has 2 aromatic carbocycles. The summed E-state index contributed by atoms with van der Waals surface area (Å²) < 4.78 is 18.9. The summed E-state index contributed by atoms with van der Waals surface area (Å²) in [4.78, 5) is 0. The number of benzene rings is 2. The van der Waals surface area contributed by atoms with Crippen LogP contribution in [0.1, 0.15) is 17.5 Å². The van der Waals surface area contributed by atoms with Gasteiger partial charge < -0.3 is 10.5 Å². The van der Waals surface area contributed by atoms with Crippen LogP contribution in [-0.2, 0) is 5.54 Å². The van der Waals surface area contributed by atoms with E-state index in [1.165, 1.54) is 6.07 Å². The van der Waals surface area contributed by atoms with E-state index in [1.54, 1.807) is 19.1 Å². The third-order valence-corrected chi connectivity index (χ3v) is 3.40. The molecule has 0 fully saturated rings. The molecule has 0 aromatic heterocycles. The zero-order valence-electron chi connectivity index (χ0n) is 11.8. The summed E-state index contributed by atoms with van der Waals surface area (Å²) in [6, 6.07) is 16.0. The van der Waals surface area contributed by atoms with E-state index in [-0.39, 0.29) is 12.4 Å². The minimum absolute atomic E-state index is 0.238. The van der Waals surface area contributed by atoms with Gasteiger partial charge in [0.05, 0.1) is 12.7 Å². The van der Waals surface area contributed by atoms with Gasteiger partial charge in [-0.05, 0) is 24.1 Å². The van der Waals surface area contributed by atoms with E-state index in [1.807, 2.05) is 30.3 Å². The monoisotopic (exact) mass is 284 g/mol. The molecule has 1 unspecified atom stereocenters. The zero-order valence-corrected chi connectivity index (χ0v) is 11.8. The van der Waals surface area contributed by atoms with Gasteiger partial charge in [0.1, 0.15) is 17.1 Å². The van der Waals surface area contributed by atoms with Crippen LogP contribution in [0.25, 0.3) is 0 Å². The molecule has 4 heteroatoms. The van der Waals surface area contributed by atoms with Crippen LogP contribution in [0.15, 0.2) is 48.5 Å². The first-order chi connectivity index (χ1) is 10.0. The maximum absolute atomic E-state index is 13.4. The predicted octanol–water partition coefficient (Wildman–Crippen LogP) is 3.28. The van der Waals surface area contributed by atoms with Crippen LogP contribution < -0.4 is 10.5 Å². The Morgan fingerprint density at radius 1 is 1.24 bits per heavy atom. The Labute approximate surface area is 123 Å². The fraction of sp³-hybridized carbons (Fsp3) is 0.235. The highest BCUT2D eigenvalue weighted by atomic mass is 19.1. The summed E-state index contributed by atoms with van der Waals surface area (Å²) in [7, 11) is 0. The summed E-state index contributed by atoms with van der Waals surface area (Å²) >= 11 is 0. The molecule has 0 aliphatic heterocycles. The van der Waals surface area contributed by atoms with Crippen LogP contribution in [0.5, 0.6) is 5.75 Å². The molecule has 0 saturated heterocycles. The molecule has 0 amide bonds. The summed E-state index contributed by atoms with van der Waals surface area (Å²) in [5.74, 6) is 0.126. The molecule has 3 nitrogen and oxygen atoms in total. The second-order valence-corrected chi connectivity index (χ2v) is 4.96. The van der Waals surface area contributed by atoms with E-state index in [4.69, 9.17) is 10.5 Å². The van der Waals surface area contributed by atoms with Crippen LogP contribution in [0.3, 0.4) is 0 Å². The van der Waals surface area contributed by atoms with Crippen molar-refractivity contribution in [2.45, 2.75) is 18.9 Å². The van der Waals surface area contributed by atoms with Gasteiger partial charge in [-0.2, -0.15) is 5.26 Å². The van der Waals surface area contributed by atoms with Gasteiger partial charge in [0.25, 0.3) is 0 Å². The lowest BCUT2D eigenvalue weighted by molar-refractivity contribution is 0.280. The molecule has 0 aliphatic carbocycles. The van der Waals surface area contributed by atoms with Crippen LogP contribution in [-0.4, -0.2) is 6.61 Å². The average Bonchev–Trinajstić information content (AvgIpc) is 2.51. The molecule has 2 N–H and O–H groups in total. The van der Waals surface area contributed by atoms with Crippen molar-refractivity contribution in [2.75, 3.05) is 6.61 Å². The number of halogens is 1. The molecule has 0 spiro atoms. The van der Waals surface area contributed by atoms with E-state index in [0.29, 0.717) is 17.7 Å². The van der Waals surface area contributed by atoms with Crippen molar-refractivity contribution in [3.8, 4) is 11.8 Å². The van der Waals surface area contributed by atoms with Crippen molar-refractivity contribution in [3.63, 3.8) is 0 Å². The summed E-state index contributed by atoms with van der Waals surface area (Å²) in [6.07, 6.45) is 0.322. The normalized spacial score (nSPS) is 13.2. The highest BCUT2D eigenvalue weighted by molar-refractivity contribution is 5.31. The largest absolute Gasteiger partial charge is 0.493 e. The smallest absolute Gasteiger partial charge is 0.133 e. The first kappa shape index (κ1) is 15.0. The average molecular weight is 284 g/mol. The second kappa shape index (κ2) is 6.38. The molecule has 0 saturated carbocycles. The quantitative estimate of drug-likeness (QED) is 0.916. The molecule has 21 heavy (non-hydrogen) atoms. The lowest BCUT2D eigenvalue weighted by Gasteiger charge is -2.22. The lowest BCUT2D eigenvalue weighted by atomic mass is 9.89. The number of nitriles is 1. The van der Waals surface area contributed by atoms with Crippen molar-refractivity contribution in [3.05, 3.63) is 65.5 Å². The van der Waals surface area contributed by atoms with E-state index in [0.717, 1.165) is 5.56 Å². The Kier molecular flexibility index (Phi) is 4.56. The topological polar surface area (TPSA) is 59.0 Å². The van der Waals surface area contributed by atoms with Gasteiger partial charge in [0, 0.05) is 12.5 Å².